The molecular weight excluding hydrogens is 273 g/mol. The molecular formula is C9H11F3N2O3S. The summed E-state index contributed by atoms with van der Waals surface area (Å²) in [4.78, 5) is 0. The van der Waals surface area contributed by atoms with Crippen molar-refractivity contribution in [1.29, 1.82) is 0 Å². The van der Waals surface area contributed by atoms with Crippen LogP contribution in [0.25, 0.3) is 0 Å². The Labute approximate surface area is 101 Å². The van der Waals surface area contributed by atoms with Crippen molar-refractivity contribution in [3.8, 4) is 0 Å². The molecule has 0 aliphatic carbocycles. The van der Waals surface area contributed by atoms with Crippen molar-refractivity contribution in [3.05, 3.63) is 17.5 Å². The van der Waals surface area contributed by atoms with Gasteiger partial charge in [0.15, 0.2) is 9.84 Å². The van der Waals surface area contributed by atoms with Gasteiger partial charge in [0.2, 0.25) is 0 Å². The first kappa shape index (κ1) is 13.3. The fourth-order valence-corrected chi connectivity index (χ4v) is 3.76. The zero-order valence-corrected chi connectivity index (χ0v) is 10.00. The summed E-state index contributed by atoms with van der Waals surface area (Å²) in [6.45, 7) is -0.783. The molecule has 1 saturated heterocycles. The summed E-state index contributed by atoms with van der Waals surface area (Å²) in [7, 11) is -3.29. The van der Waals surface area contributed by atoms with Gasteiger partial charge in [0.05, 0.1) is 30.4 Å². The fourth-order valence-electron chi connectivity index (χ4n) is 2.07. The van der Waals surface area contributed by atoms with Crippen molar-refractivity contribution in [1.82, 2.24) is 9.78 Å². The number of aliphatic hydroxyl groups excluding tert-OH is 1. The molecule has 1 aromatic heterocycles. The molecule has 1 aliphatic heterocycles. The van der Waals surface area contributed by atoms with Crippen LogP contribution in [-0.2, 0) is 22.6 Å². The van der Waals surface area contributed by atoms with E-state index in [1.807, 2.05) is 0 Å². The standard InChI is InChI=1S/C9H11F3N2O3S/c10-9(11,12)8-6(4-15)3-13-14(8)7-1-2-18(16,17)5-7/h3,7,15H,1-2,4-5H2. The third-order valence-electron chi connectivity index (χ3n) is 2.86. The van der Waals surface area contributed by atoms with Gasteiger partial charge in [0.25, 0.3) is 0 Å². The van der Waals surface area contributed by atoms with Gasteiger partial charge in [-0.3, -0.25) is 4.68 Å². The molecule has 2 heterocycles. The van der Waals surface area contributed by atoms with E-state index in [4.69, 9.17) is 5.11 Å². The molecule has 1 atom stereocenters. The Morgan fingerprint density at radius 1 is 1.50 bits per heavy atom. The zero-order chi connectivity index (χ0) is 13.6. The molecule has 18 heavy (non-hydrogen) atoms. The molecule has 1 unspecified atom stereocenters. The molecule has 5 nitrogen and oxygen atoms in total. The molecule has 0 bridgehead atoms. The monoisotopic (exact) mass is 284 g/mol. The summed E-state index contributed by atoms with van der Waals surface area (Å²) in [5, 5.41) is 12.4. The second-order valence-corrected chi connectivity index (χ2v) is 6.40. The van der Waals surface area contributed by atoms with Crippen LogP contribution in [0.5, 0.6) is 0 Å². The Morgan fingerprint density at radius 2 is 2.17 bits per heavy atom. The normalized spacial score (nSPS) is 23.4. The molecule has 1 N–H and O–H groups in total. The van der Waals surface area contributed by atoms with Crippen molar-refractivity contribution in [3.63, 3.8) is 0 Å². The summed E-state index contributed by atoms with van der Waals surface area (Å²) in [5.74, 6) is -0.480. The number of nitrogens with zero attached hydrogens (tertiary/aromatic N) is 2. The maximum Gasteiger partial charge on any atom is 0.433 e. The van der Waals surface area contributed by atoms with Crippen molar-refractivity contribution < 1.29 is 26.7 Å². The smallest absolute Gasteiger partial charge is 0.392 e. The lowest BCUT2D eigenvalue weighted by molar-refractivity contribution is -0.145. The number of halogens is 3. The van der Waals surface area contributed by atoms with Crippen LogP contribution in [0.15, 0.2) is 6.20 Å². The number of aromatic nitrogens is 2. The van der Waals surface area contributed by atoms with E-state index < -0.39 is 34.4 Å². The highest BCUT2D eigenvalue weighted by molar-refractivity contribution is 7.91. The number of hydrogen-bond acceptors (Lipinski definition) is 4. The van der Waals surface area contributed by atoms with Gasteiger partial charge in [0.1, 0.15) is 5.69 Å². The first-order valence-electron chi connectivity index (χ1n) is 5.19. The van der Waals surface area contributed by atoms with Crippen LogP contribution in [0.1, 0.15) is 23.7 Å². The maximum atomic E-state index is 12.9. The van der Waals surface area contributed by atoms with Gasteiger partial charge >= 0.3 is 6.18 Å². The van der Waals surface area contributed by atoms with Gasteiger partial charge < -0.3 is 5.11 Å². The summed E-state index contributed by atoms with van der Waals surface area (Å²) in [6, 6.07) is -0.813. The minimum Gasteiger partial charge on any atom is -0.392 e. The van der Waals surface area contributed by atoms with Gasteiger partial charge in [-0.1, -0.05) is 0 Å². The third kappa shape index (κ3) is 2.37. The predicted molar refractivity (Wildman–Crippen MR) is 55.5 cm³/mol. The Bertz CT molecular complexity index is 550. The number of sulfone groups is 1. The first-order valence-corrected chi connectivity index (χ1v) is 7.01. The topological polar surface area (TPSA) is 72.2 Å². The lowest BCUT2D eigenvalue weighted by atomic mass is 10.2. The van der Waals surface area contributed by atoms with Gasteiger partial charge in [0, 0.05) is 5.56 Å². The van der Waals surface area contributed by atoms with Crippen LogP contribution in [0.4, 0.5) is 13.2 Å². The molecule has 0 radical (unpaired) electrons. The maximum absolute atomic E-state index is 12.9. The van der Waals surface area contributed by atoms with Crippen LogP contribution in [-0.4, -0.2) is 34.8 Å². The Kier molecular flexibility index (Phi) is 3.14. The minimum atomic E-state index is -4.67. The SMILES string of the molecule is O=S1(=O)CCC(n2ncc(CO)c2C(F)(F)F)C1. The second kappa shape index (κ2) is 4.23. The second-order valence-electron chi connectivity index (χ2n) is 4.18. The molecule has 1 fully saturated rings. The largest absolute Gasteiger partial charge is 0.433 e. The van der Waals surface area contributed by atoms with E-state index in [-0.39, 0.29) is 23.5 Å². The quantitative estimate of drug-likeness (QED) is 0.870. The van der Waals surface area contributed by atoms with Gasteiger partial charge in [-0.25, -0.2) is 8.42 Å². The van der Waals surface area contributed by atoms with Crippen molar-refractivity contribution in [2.45, 2.75) is 25.2 Å². The van der Waals surface area contributed by atoms with E-state index in [0.29, 0.717) is 4.68 Å². The van der Waals surface area contributed by atoms with Crippen LogP contribution >= 0.6 is 0 Å². The van der Waals surface area contributed by atoms with Gasteiger partial charge in [-0.2, -0.15) is 18.3 Å². The zero-order valence-electron chi connectivity index (χ0n) is 9.18. The molecule has 1 aromatic rings. The summed E-state index contributed by atoms with van der Waals surface area (Å²) < 4.78 is 61.8. The molecule has 2 rings (SSSR count). The van der Waals surface area contributed by atoms with E-state index >= 15 is 0 Å². The van der Waals surface area contributed by atoms with E-state index in [2.05, 4.69) is 5.10 Å². The van der Waals surface area contributed by atoms with Gasteiger partial charge in [-0.05, 0) is 6.42 Å². The first-order chi connectivity index (χ1) is 8.24. The highest BCUT2D eigenvalue weighted by atomic mass is 32.2. The van der Waals surface area contributed by atoms with Crippen LogP contribution in [0, 0.1) is 0 Å². The lowest BCUT2D eigenvalue weighted by Gasteiger charge is -2.16. The third-order valence-corrected chi connectivity index (χ3v) is 4.61. The van der Waals surface area contributed by atoms with E-state index in [0.717, 1.165) is 6.20 Å². The average molecular weight is 284 g/mol. The highest BCUT2D eigenvalue weighted by Crippen LogP contribution is 2.35. The predicted octanol–water partition coefficient (Wildman–Crippen LogP) is 0.754. The molecule has 0 spiro atoms. The van der Waals surface area contributed by atoms with Crippen molar-refractivity contribution in [2.24, 2.45) is 0 Å². The van der Waals surface area contributed by atoms with Crippen molar-refractivity contribution in [2.75, 3.05) is 11.5 Å². The van der Waals surface area contributed by atoms with E-state index in [1.165, 1.54) is 0 Å². The van der Waals surface area contributed by atoms with Crippen LogP contribution in [0.2, 0.25) is 0 Å². The minimum absolute atomic E-state index is 0.109. The molecule has 0 saturated carbocycles. The summed E-state index contributed by atoms with van der Waals surface area (Å²) in [5.41, 5.74) is -1.40. The number of rotatable bonds is 2. The summed E-state index contributed by atoms with van der Waals surface area (Å²) >= 11 is 0. The Hall–Kier alpha value is -1.09. The van der Waals surface area contributed by atoms with Crippen molar-refractivity contribution >= 4 is 9.84 Å². The van der Waals surface area contributed by atoms with Gasteiger partial charge in [-0.15, -0.1) is 0 Å². The van der Waals surface area contributed by atoms with Crippen LogP contribution in [0.3, 0.4) is 0 Å². The Morgan fingerprint density at radius 3 is 2.61 bits per heavy atom. The van der Waals surface area contributed by atoms with Crippen LogP contribution < -0.4 is 0 Å². The molecule has 9 heteroatoms. The molecule has 0 amide bonds. The molecule has 102 valence electrons. The van der Waals surface area contributed by atoms with E-state index in [9.17, 15) is 21.6 Å². The highest BCUT2D eigenvalue weighted by Gasteiger charge is 2.41. The molecule has 0 aromatic carbocycles. The fraction of sp³-hybridized carbons (Fsp3) is 0.667. The lowest BCUT2D eigenvalue weighted by Crippen LogP contribution is -2.21. The summed E-state index contributed by atoms with van der Waals surface area (Å²) in [6.07, 6.45) is -3.63. The van der Waals surface area contributed by atoms with E-state index in [1.54, 1.807) is 0 Å². The average Bonchev–Trinajstić information content (AvgIpc) is 2.79. The Balaban J connectivity index is 2.44. The number of hydrogen-bond donors (Lipinski definition) is 1. The number of aliphatic hydroxyl groups is 1. The number of alkyl halides is 3. The molecule has 1 aliphatic rings.